The Balaban J connectivity index is 3.33. The van der Waals surface area contributed by atoms with Crippen molar-refractivity contribution in [1.82, 2.24) is 0 Å². The molecule has 0 aromatic heterocycles. The fourth-order valence-corrected chi connectivity index (χ4v) is 0.0805. The van der Waals surface area contributed by atoms with Crippen LogP contribution in [0.3, 0.4) is 0 Å². The van der Waals surface area contributed by atoms with Gasteiger partial charge < -0.3 is 15.6 Å². The van der Waals surface area contributed by atoms with Crippen LogP contribution < -0.4 is 5.73 Å². The van der Waals surface area contributed by atoms with Gasteiger partial charge in [-0.2, -0.15) is 0 Å². The zero-order chi connectivity index (χ0) is 5.86. The van der Waals surface area contributed by atoms with Crippen LogP contribution in [-0.4, -0.2) is 17.6 Å². The zero-order valence-corrected chi connectivity index (χ0v) is 4.16. The summed E-state index contributed by atoms with van der Waals surface area (Å²) in [7, 11) is 0. The average molecular weight is 103 g/mol. The van der Waals surface area contributed by atoms with Crippen LogP contribution in [0.25, 0.3) is 0 Å². The highest BCUT2D eigenvalue weighted by Gasteiger charge is 2.04. The highest BCUT2D eigenvalue weighted by Crippen LogP contribution is 1.88. The van der Waals surface area contributed by atoms with Gasteiger partial charge in [0, 0.05) is 0 Å². The lowest BCUT2D eigenvalue weighted by Crippen LogP contribution is -2.27. The summed E-state index contributed by atoms with van der Waals surface area (Å²) in [4.78, 5) is 9.71. The number of aliphatic hydroxyl groups is 1. The summed E-state index contributed by atoms with van der Waals surface area (Å²) in [6, 6.07) is 0. The van der Waals surface area contributed by atoms with E-state index in [0.717, 1.165) is 0 Å². The fraction of sp³-hybridized carbons (Fsp3) is 0.750. The Morgan fingerprint density at radius 1 is 1.86 bits per heavy atom. The van der Waals surface area contributed by atoms with E-state index in [-0.39, 0.29) is 0 Å². The summed E-state index contributed by atoms with van der Waals surface area (Å²) >= 11 is 0. The van der Waals surface area contributed by atoms with E-state index in [2.05, 4.69) is 0 Å². The van der Waals surface area contributed by atoms with Crippen molar-refractivity contribution < 1.29 is 9.90 Å². The van der Waals surface area contributed by atoms with Gasteiger partial charge in [0.15, 0.2) is 0 Å². The maximum atomic E-state index is 9.71. The third-order valence-electron chi connectivity index (χ3n) is 0.753. The zero-order valence-electron chi connectivity index (χ0n) is 4.16. The van der Waals surface area contributed by atoms with Crippen LogP contribution in [-0.2, 0) is 4.79 Å². The first-order chi connectivity index (χ1) is 3.18. The third-order valence-corrected chi connectivity index (χ3v) is 0.753. The molecule has 0 fully saturated rings. The maximum Gasteiger partial charge on any atom is 0.126 e. The summed E-state index contributed by atoms with van der Waals surface area (Å²) in [6.07, 6.45) is -0.387. The first-order valence-corrected chi connectivity index (χ1v) is 2.07. The lowest BCUT2D eigenvalue weighted by Gasteiger charge is -2.03. The second kappa shape index (κ2) is 2.71. The maximum absolute atomic E-state index is 9.71. The van der Waals surface area contributed by atoms with Gasteiger partial charge >= 0.3 is 0 Å². The monoisotopic (exact) mass is 103 g/mol. The Morgan fingerprint density at radius 2 is 2.29 bits per heavy atom. The second-order valence-electron chi connectivity index (χ2n) is 1.49. The molecule has 0 aromatic rings. The molecule has 3 heteroatoms. The molecule has 0 bridgehead atoms. The van der Waals surface area contributed by atoms with Gasteiger partial charge in [0.2, 0.25) is 0 Å². The summed E-state index contributed by atoms with van der Waals surface area (Å²) in [5.41, 5.74) is 4.87. The Labute approximate surface area is 42.1 Å². The van der Waals surface area contributed by atoms with E-state index in [1.165, 1.54) is 0 Å². The number of nitrogens with two attached hydrogens (primary N) is 1. The van der Waals surface area contributed by atoms with Gasteiger partial charge in [0.05, 0.1) is 5.92 Å². The van der Waals surface area contributed by atoms with Crippen molar-refractivity contribution in [3.63, 3.8) is 0 Å². The molecule has 7 heavy (non-hydrogen) atoms. The molecule has 0 aliphatic carbocycles. The molecule has 42 valence electrons. The molecule has 0 rings (SSSR count). The smallest absolute Gasteiger partial charge is 0.126 e. The quantitative estimate of drug-likeness (QED) is 0.351. The lowest BCUT2D eigenvalue weighted by molar-refractivity contribution is -0.113. The first kappa shape index (κ1) is 6.59. The highest BCUT2D eigenvalue weighted by atomic mass is 16.3. The largest absolute Gasteiger partial charge is 0.378 e. The van der Waals surface area contributed by atoms with Crippen LogP contribution >= 0.6 is 0 Å². The molecule has 2 unspecified atom stereocenters. The number of carbonyl (C=O) groups excluding carboxylic acids is 1. The molecule has 0 saturated heterocycles. The molecular weight excluding hydrogens is 94.0 g/mol. The van der Waals surface area contributed by atoms with Gasteiger partial charge in [-0.25, -0.2) is 0 Å². The van der Waals surface area contributed by atoms with Gasteiger partial charge in [0.25, 0.3) is 0 Å². The van der Waals surface area contributed by atoms with Gasteiger partial charge in [-0.3, -0.25) is 0 Å². The van der Waals surface area contributed by atoms with Crippen molar-refractivity contribution in [1.29, 1.82) is 0 Å². The Morgan fingerprint density at radius 3 is 2.29 bits per heavy atom. The van der Waals surface area contributed by atoms with Crippen molar-refractivity contribution in [2.75, 3.05) is 0 Å². The summed E-state index contributed by atoms with van der Waals surface area (Å²) in [5.74, 6) is -0.444. The van der Waals surface area contributed by atoms with E-state index in [1.807, 2.05) is 0 Å². The van der Waals surface area contributed by atoms with Crippen molar-refractivity contribution >= 4 is 6.29 Å². The van der Waals surface area contributed by atoms with E-state index in [0.29, 0.717) is 6.29 Å². The number of aldehydes is 1. The molecule has 0 radical (unpaired) electrons. The summed E-state index contributed by atoms with van der Waals surface area (Å²) < 4.78 is 0. The normalized spacial score (nSPS) is 18.1. The fourth-order valence-electron chi connectivity index (χ4n) is 0.0805. The Hall–Kier alpha value is -0.410. The van der Waals surface area contributed by atoms with Crippen LogP contribution in [0, 0.1) is 5.92 Å². The number of hydrogen-bond acceptors (Lipinski definition) is 3. The molecule has 0 aliphatic heterocycles. The minimum Gasteiger partial charge on any atom is -0.378 e. The van der Waals surface area contributed by atoms with E-state index in [1.54, 1.807) is 6.92 Å². The summed E-state index contributed by atoms with van der Waals surface area (Å²) in [5, 5.41) is 8.37. The molecule has 0 aliphatic rings. The molecule has 0 amide bonds. The topological polar surface area (TPSA) is 63.3 Å². The predicted octanol–water partition coefficient (Wildman–Crippen LogP) is -0.901. The van der Waals surface area contributed by atoms with E-state index >= 15 is 0 Å². The van der Waals surface area contributed by atoms with Crippen LogP contribution in [0.1, 0.15) is 6.92 Å². The number of hydrogen-bond donors (Lipinski definition) is 2. The van der Waals surface area contributed by atoms with Crippen molar-refractivity contribution in [3.05, 3.63) is 0 Å². The molecule has 0 spiro atoms. The summed E-state index contributed by atoms with van der Waals surface area (Å²) in [6.45, 7) is 1.55. The lowest BCUT2D eigenvalue weighted by atomic mass is 10.2. The van der Waals surface area contributed by atoms with Gasteiger partial charge in [0.1, 0.15) is 12.5 Å². The standard InChI is InChI=1S/C4H9NO2/c1-3(2-6)4(5)7/h2-4,7H,5H2,1H3. The molecule has 2 atom stereocenters. The SMILES string of the molecule is CC(C=O)C(N)O. The van der Waals surface area contributed by atoms with Gasteiger partial charge in [-0.1, -0.05) is 6.92 Å². The van der Waals surface area contributed by atoms with E-state index < -0.39 is 12.1 Å². The Kier molecular flexibility index (Phi) is 2.55. The number of aliphatic hydroxyl groups excluding tert-OH is 1. The molecule has 0 heterocycles. The van der Waals surface area contributed by atoms with Crippen molar-refractivity contribution in [3.8, 4) is 0 Å². The van der Waals surface area contributed by atoms with Gasteiger partial charge in [-0.05, 0) is 0 Å². The molecule has 3 N–H and O–H groups in total. The molecule has 0 saturated carbocycles. The van der Waals surface area contributed by atoms with Crippen LogP contribution in [0.5, 0.6) is 0 Å². The van der Waals surface area contributed by atoms with E-state index in [9.17, 15) is 4.79 Å². The molecule has 3 nitrogen and oxygen atoms in total. The third kappa shape index (κ3) is 2.31. The van der Waals surface area contributed by atoms with Crippen LogP contribution in [0.15, 0.2) is 0 Å². The molecule has 0 aromatic carbocycles. The van der Waals surface area contributed by atoms with Crippen molar-refractivity contribution in [2.24, 2.45) is 11.7 Å². The average Bonchev–Trinajstić information content (AvgIpc) is 1.65. The molecular formula is C4H9NO2. The second-order valence-corrected chi connectivity index (χ2v) is 1.49. The Bertz CT molecular complexity index is 62.7. The minimum absolute atomic E-state index is 0.444. The highest BCUT2D eigenvalue weighted by molar-refractivity contribution is 5.53. The van der Waals surface area contributed by atoms with E-state index in [4.69, 9.17) is 10.8 Å². The number of carbonyl (C=O) groups is 1. The van der Waals surface area contributed by atoms with Crippen LogP contribution in [0.2, 0.25) is 0 Å². The number of rotatable bonds is 2. The predicted molar refractivity (Wildman–Crippen MR) is 25.4 cm³/mol. The van der Waals surface area contributed by atoms with Crippen LogP contribution in [0.4, 0.5) is 0 Å². The minimum atomic E-state index is -1.00. The van der Waals surface area contributed by atoms with Crippen molar-refractivity contribution in [2.45, 2.75) is 13.2 Å². The first-order valence-electron chi connectivity index (χ1n) is 2.07. The van der Waals surface area contributed by atoms with Gasteiger partial charge in [-0.15, -0.1) is 0 Å².